The topological polar surface area (TPSA) is 46.5 Å². The number of nitrogens with one attached hydrogen (secondary N) is 1. The molecule has 0 fully saturated rings. The van der Waals surface area contributed by atoms with E-state index in [1.807, 2.05) is 60.0 Å². The predicted molar refractivity (Wildman–Crippen MR) is 90.5 cm³/mol. The van der Waals surface area contributed by atoms with Crippen molar-refractivity contribution in [1.29, 1.82) is 0 Å². The van der Waals surface area contributed by atoms with Crippen LogP contribution in [0.25, 0.3) is 0 Å². The molecule has 3 rings (SSSR count). The summed E-state index contributed by atoms with van der Waals surface area (Å²) in [6.45, 7) is 0.533. The second kappa shape index (κ2) is 7.38. The Morgan fingerprint density at radius 1 is 1.09 bits per heavy atom. The van der Waals surface area contributed by atoms with E-state index in [0.29, 0.717) is 6.61 Å². The number of aromatic nitrogens is 1. The third-order valence-corrected chi connectivity index (χ3v) is 3.63. The molecule has 5 heteroatoms. The van der Waals surface area contributed by atoms with E-state index in [-0.39, 0.29) is 0 Å². The Hall–Kier alpha value is -2.66. The first-order valence-electron chi connectivity index (χ1n) is 6.86. The van der Waals surface area contributed by atoms with Gasteiger partial charge in [0.2, 0.25) is 5.13 Å². The average Bonchev–Trinajstić information content (AvgIpc) is 3.08. The van der Waals surface area contributed by atoms with Gasteiger partial charge in [-0.2, -0.15) is 5.10 Å². The third-order valence-electron chi connectivity index (χ3n) is 2.95. The molecule has 3 aromatic rings. The second-order valence-corrected chi connectivity index (χ2v) is 5.41. The molecule has 0 spiro atoms. The summed E-state index contributed by atoms with van der Waals surface area (Å²) in [5, 5.41) is 6.85. The minimum Gasteiger partial charge on any atom is -0.488 e. The highest BCUT2D eigenvalue weighted by Gasteiger charge is 2.01. The fourth-order valence-electron chi connectivity index (χ4n) is 1.89. The van der Waals surface area contributed by atoms with Gasteiger partial charge in [0.05, 0.1) is 6.21 Å². The number of hydrazone groups is 1. The van der Waals surface area contributed by atoms with Gasteiger partial charge in [-0.3, -0.25) is 5.43 Å². The Morgan fingerprint density at radius 2 is 1.91 bits per heavy atom. The molecule has 1 N–H and O–H groups in total. The summed E-state index contributed by atoms with van der Waals surface area (Å²) in [6, 6.07) is 17.9. The summed E-state index contributed by atoms with van der Waals surface area (Å²) < 4.78 is 5.88. The fourth-order valence-corrected chi connectivity index (χ4v) is 2.37. The highest BCUT2D eigenvalue weighted by atomic mass is 32.1. The SMILES string of the molecule is C(=NNc1nccs1)c1ccccc1OCc1ccccc1. The van der Waals surface area contributed by atoms with Crippen molar-refractivity contribution in [3.63, 3.8) is 0 Å². The van der Waals surface area contributed by atoms with E-state index >= 15 is 0 Å². The Labute approximate surface area is 133 Å². The third kappa shape index (κ3) is 3.93. The molecule has 1 heterocycles. The number of thiazole rings is 1. The maximum atomic E-state index is 5.88. The van der Waals surface area contributed by atoms with Crippen molar-refractivity contribution in [2.24, 2.45) is 5.10 Å². The van der Waals surface area contributed by atoms with Gasteiger partial charge in [0, 0.05) is 17.1 Å². The molecule has 2 aromatic carbocycles. The van der Waals surface area contributed by atoms with Gasteiger partial charge >= 0.3 is 0 Å². The lowest BCUT2D eigenvalue weighted by molar-refractivity contribution is 0.306. The highest BCUT2D eigenvalue weighted by molar-refractivity contribution is 7.13. The van der Waals surface area contributed by atoms with E-state index < -0.39 is 0 Å². The molecule has 0 unspecified atom stereocenters. The number of hydrogen-bond acceptors (Lipinski definition) is 5. The molecular formula is C17H15N3OS. The predicted octanol–water partition coefficient (Wildman–Crippen LogP) is 4.17. The summed E-state index contributed by atoms with van der Waals surface area (Å²) in [6.07, 6.45) is 3.47. The first-order valence-corrected chi connectivity index (χ1v) is 7.74. The summed E-state index contributed by atoms with van der Waals surface area (Å²) in [5.41, 5.74) is 4.95. The van der Waals surface area contributed by atoms with Crippen molar-refractivity contribution in [2.45, 2.75) is 6.61 Å². The smallest absolute Gasteiger partial charge is 0.203 e. The summed E-state index contributed by atoms with van der Waals surface area (Å²) >= 11 is 1.50. The monoisotopic (exact) mass is 309 g/mol. The zero-order valence-corrected chi connectivity index (χ0v) is 12.7. The van der Waals surface area contributed by atoms with E-state index in [4.69, 9.17) is 4.74 Å². The van der Waals surface area contributed by atoms with Crippen molar-refractivity contribution >= 4 is 22.7 Å². The summed E-state index contributed by atoms with van der Waals surface area (Å²) in [7, 11) is 0. The van der Waals surface area contributed by atoms with Crippen LogP contribution in [0.2, 0.25) is 0 Å². The molecule has 110 valence electrons. The lowest BCUT2D eigenvalue weighted by atomic mass is 10.2. The normalized spacial score (nSPS) is 10.7. The van der Waals surface area contributed by atoms with Gasteiger partial charge in [-0.05, 0) is 17.7 Å². The summed E-state index contributed by atoms with van der Waals surface area (Å²) in [5.74, 6) is 0.802. The molecule has 0 aliphatic heterocycles. The number of ether oxygens (including phenoxy) is 1. The van der Waals surface area contributed by atoms with Crippen LogP contribution in [0.3, 0.4) is 0 Å². The van der Waals surface area contributed by atoms with Gasteiger partial charge < -0.3 is 4.74 Å². The maximum absolute atomic E-state index is 5.88. The second-order valence-electron chi connectivity index (χ2n) is 4.52. The van der Waals surface area contributed by atoms with Crippen LogP contribution in [0, 0.1) is 0 Å². The lowest BCUT2D eigenvalue weighted by Gasteiger charge is -2.08. The fraction of sp³-hybridized carbons (Fsp3) is 0.0588. The van der Waals surface area contributed by atoms with Crippen LogP contribution in [0.1, 0.15) is 11.1 Å². The van der Waals surface area contributed by atoms with Crippen molar-refractivity contribution in [1.82, 2.24) is 4.98 Å². The first-order chi connectivity index (χ1) is 10.9. The Bertz CT molecular complexity index is 727. The zero-order chi connectivity index (χ0) is 15.0. The number of para-hydroxylation sites is 1. The summed E-state index contributed by atoms with van der Waals surface area (Å²) in [4.78, 5) is 4.11. The largest absolute Gasteiger partial charge is 0.488 e. The molecular weight excluding hydrogens is 294 g/mol. The molecule has 0 bridgehead atoms. The molecule has 4 nitrogen and oxygen atoms in total. The molecule has 0 saturated heterocycles. The average molecular weight is 309 g/mol. The Balaban J connectivity index is 1.65. The van der Waals surface area contributed by atoms with Crippen LogP contribution in [-0.2, 0) is 6.61 Å². The van der Waals surface area contributed by atoms with Crippen molar-refractivity contribution in [3.05, 3.63) is 77.3 Å². The quantitative estimate of drug-likeness (QED) is 0.549. The molecule has 0 aliphatic rings. The van der Waals surface area contributed by atoms with E-state index in [1.54, 1.807) is 12.4 Å². The van der Waals surface area contributed by atoms with Gasteiger partial charge in [0.1, 0.15) is 12.4 Å². The van der Waals surface area contributed by atoms with Gasteiger partial charge in [-0.1, -0.05) is 42.5 Å². The minimum atomic E-state index is 0.533. The van der Waals surface area contributed by atoms with Crippen LogP contribution in [0.4, 0.5) is 5.13 Å². The van der Waals surface area contributed by atoms with E-state index in [1.165, 1.54) is 11.3 Å². The molecule has 0 radical (unpaired) electrons. The van der Waals surface area contributed by atoms with E-state index in [2.05, 4.69) is 15.5 Å². The van der Waals surface area contributed by atoms with Crippen LogP contribution in [-0.4, -0.2) is 11.2 Å². The Kier molecular flexibility index (Phi) is 4.79. The van der Waals surface area contributed by atoms with Crippen molar-refractivity contribution in [3.8, 4) is 5.75 Å². The van der Waals surface area contributed by atoms with Gasteiger partial charge in [-0.25, -0.2) is 4.98 Å². The Morgan fingerprint density at radius 3 is 2.73 bits per heavy atom. The molecule has 0 amide bonds. The highest BCUT2D eigenvalue weighted by Crippen LogP contribution is 2.18. The van der Waals surface area contributed by atoms with E-state index in [9.17, 15) is 0 Å². The standard InChI is InChI=1S/C17H15N3OS/c1-2-6-14(7-3-1)13-21-16-9-5-4-8-15(16)12-19-20-17-18-10-11-22-17/h1-12H,13H2,(H,18,20). The van der Waals surface area contributed by atoms with Gasteiger partial charge in [0.25, 0.3) is 0 Å². The minimum absolute atomic E-state index is 0.533. The van der Waals surface area contributed by atoms with Crippen LogP contribution < -0.4 is 10.2 Å². The first kappa shape index (κ1) is 14.3. The lowest BCUT2D eigenvalue weighted by Crippen LogP contribution is -1.98. The molecule has 0 aliphatic carbocycles. The van der Waals surface area contributed by atoms with Crippen molar-refractivity contribution in [2.75, 3.05) is 5.43 Å². The molecule has 22 heavy (non-hydrogen) atoms. The van der Waals surface area contributed by atoms with Crippen LogP contribution in [0.15, 0.2) is 71.3 Å². The number of benzene rings is 2. The van der Waals surface area contributed by atoms with Crippen molar-refractivity contribution < 1.29 is 4.74 Å². The van der Waals surface area contributed by atoms with Gasteiger partial charge in [-0.15, -0.1) is 11.3 Å². The molecule has 0 atom stereocenters. The number of rotatable bonds is 6. The zero-order valence-electron chi connectivity index (χ0n) is 11.8. The maximum Gasteiger partial charge on any atom is 0.203 e. The number of nitrogens with zero attached hydrogens (tertiary/aromatic N) is 2. The molecule has 0 saturated carbocycles. The number of hydrogen-bond donors (Lipinski definition) is 1. The van der Waals surface area contributed by atoms with Gasteiger partial charge in [0.15, 0.2) is 0 Å². The number of anilines is 1. The van der Waals surface area contributed by atoms with E-state index in [0.717, 1.165) is 22.0 Å². The van der Waals surface area contributed by atoms with Crippen LogP contribution in [0.5, 0.6) is 5.75 Å². The van der Waals surface area contributed by atoms with Crippen LogP contribution >= 0.6 is 11.3 Å². The molecule has 1 aromatic heterocycles.